The number of aromatic nitrogens is 1. The van der Waals surface area contributed by atoms with Gasteiger partial charge in [0.25, 0.3) is 5.91 Å². The maximum Gasteiger partial charge on any atom is 0.255 e. The van der Waals surface area contributed by atoms with E-state index in [0.717, 1.165) is 38.0 Å². The standard InChI is InChI=1S/C15H20ClN3O2/c1-10-8-13(16)12(9-17-10)14(20)18-11(2)15(21)19-6-4-3-5-7-19/h8-9,11H,3-7H2,1-2H3,(H,18,20). The molecule has 0 saturated carbocycles. The zero-order valence-corrected chi connectivity index (χ0v) is 13.1. The summed E-state index contributed by atoms with van der Waals surface area (Å²) in [6.07, 6.45) is 4.65. The minimum Gasteiger partial charge on any atom is -0.341 e. The highest BCUT2D eigenvalue weighted by Crippen LogP contribution is 2.16. The quantitative estimate of drug-likeness (QED) is 0.931. The van der Waals surface area contributed by atoms with Crippen LogP contribution in [-0.2, 0) is 4.79 Å². The lowest BCUT2D eigenvalue weighted by Gasteiger charge is -2.29. The summed E-state index contributed by atoms with van der Waals surface area (Å²) in [7, 11) is 0. The third-order valence-electron chi connectivity index (χ3n) is 3.62. The minimum atomic E-state index is -0.562. The fourth-order valence-electron chi connectivity index (χ4n) is 2.42. The largest absolute Gasteiger partial charge is 0.341 e. The Morgan fingerprint density at radius 1 is 1.33 bits per heavy atom. The first-order chi connectivity index (χ1) is 9.99. The molecule has 0 radical (unpaired) electrons. The molecule has 1 aliphatic heterocycles. The Kier molecular flexibility index (Phi) is 5.17. The second-order valence-electron chi connectivity index (χ2n) is 5.39. The molecule has 1 fully saturated rings. The normalized spacial score (nSPS) is 16.4. The topological polar surface area (TPSA) is 62.3 Å². The molecule has 21 heavy (non-hydrogen) atoms. The van der Waals surface area contributed by atoms with Crippen molar-refractivity contribution < 1.29 is 9.59 Å². The molecule has 6 heteroatoms. The van der Waals surface area contributed by atoms with Crippen LogP contribution in [0.5, 0.6) is 0 Å². The number of aryl methyl sites for hydroxylation is 1. The van der Waals surface area contributed by atoms with Gasteiger partial charge in [-0.1, -0.05) is 11.6 Å². The summed E-state index contributed by atoms with van der Waals surface area (Å²) in [6.45, 7) is 5.04. The zero-order chi connectivity index (χ0) is 15.4. The predicted molar refractivity (Wildman–Crippen MR) is 81.3 cm³/mol. The average Bonchev–Trinajstić information content (AvgIpc) is 2.47. The highest BCUT2D eigenvalue weighted by molar-refractivity contribution is 6.33. The molecule has 1 aromatic heterocycles. The van der Waals surface area contributed by atoms with Gasteiger partial charge >= 0.3 is 0 Å². The van der Waals surface area contributed by atoms with Gasteiger partial charge in [0.1, 0.15) is 6.04 Å². The van der Waals surface area contributed by atoms with Gasteiger partial charge in [0.2, 0.25) is 5.91 Å². The van der Waals surface area contributed by atoms with Crippen LogP contribution in [0.25, 0.3) is 0 Å². The second-order valence-corrected chi connectivity index (χ2v) is 5.79. The molecule has 114 valence electrons. The van der Waals surface area contributed by atoms with Crippen LogP contribution in [0.1, 0.15) is 42.2 Å². The molecule has 0 spiro atoms. The van der Waals surface area contributed by atoms with Gasteiger partial charge in [-0.3, -0.25) is 14.6 Å². The van der Waals surface area contributed by atoms with Gasteiger partial charge in [0.05, 0.1) is 10.6 Å². The molecule has 1 aromatic rings. The van der Waals surface area contributed by atoms with Crippen molar-refractivity contribution in [3.05, 3.63) is 28.5 Å². The second kappa shape index (κ2) is 6.89. The first kappa shape index (κ1) is 15.8. The van der Waals surface area contributed by atoms with Crippen molar-refractivity contribution in [1.29, 1.82) is 0 Å². The van der Waals surface area contributed by atoms with Gasteiger partial charge < -0.3 is 10.2 Å². The van der Waals surface area contributed by atoms with Crippen LogP contribution >= 0.6 is 11.6 Å². The van der Waals surface area contributed by atoms with E-state index in [9.17, 15) is 9.59 Å². The number of rotatable bonds is 3. The van der Waals surface area contributed by atoms with Gasteiger partial charge in [-0.2, -0.15) is 0 Å². The molecule has 2 amide bonds. The maximum atomic E-state index is 12.3. The highest BCUT2D eigenvalue weighted by Gasteiger charge is 2.24. The summed E-state index contributed by atoms with van der Waals surface area (Å²) in [6, 6.07) is 1.07. The third-order valence-corrected chi connectivity index (χ3v) is 3.93. The highest BCUT2D eigenvalue weighted by atomic mass is 35.5. The van der Waals surface area contributed by atoms with Crippen LogP contribution in [0.3, 0.4) is 0 Å². The number of nitrogens with zero attached hydrogens (tertiary/aromatic N) is 2. The number of halogens is 1. The molecule has 1 N–H and O–H groups in total. The van der Waals surface area contributed by atoms with Crippen molar-refractivity contribution in [3.8, 4) is 0 Å². The van der Waals surface area contributed by atoms with Gasteiger partial charge in [0, 0.05) is 25.0 Å². The number of likely N-dealkylation sites (tertiary alicyclic amines) is 1. The predicted octanol–water partition coefficient (Wildman–Crippen LogP) is 2.17. The molecule has 1 saturated heterocycles. The molecular weight excluding hydrogens is 290 g/mol. The Hall–Kier alpha value is -1.62. The fraction of sp³-hybridized carbons (Fsp3) is 0.533. The lowest BCUT2D eigenvalue weighted by molar-refractivity contribution is -0.133. The summed E-state index contributed by atoms with van der Waals surface area (Å²) < 4.78 is 0. The minimum absolute atomic E-state index is 0.0424. The van der Waals surface area contributed by atoms with Crippen molar-refractivity contribution in [3.63, 3.8) is 0 Å². The van der Waals surface area contributed by atoms with Crippen LogP contribution < -0.4 is 5.32 Å². The molecule has 1 unspecified atom stereocenters. The summed E-state index contributed by atoms with van der Waals surface area (Å²) in [4.78, 5) is 30.3. The molecule has 1 atom stereocenters. The van der Waals surface area contributed by atoms with E-state index in [4.69, 9.17) is 11.6 Å². The number of pyridine rings is 1. The van der Waals surface area contributed by atoms with Crippen LogP contribution in [-0.4, -0.2) is 40.8 Å². The smallest absolute Gasteiger partial charge is 0.255 e. The molecule has 0 aliphatic carbocycles. The van der Waals surface area contributed by atoms with Gasteiger partial charge in [-0.05, 0) is 39.2 Å². The van der Waals surface area contributed by atoms with Crippen LogP contribution in [0, 0.1) is 6.92 Å². The summed E-state index contributed by atoms with van der Waals surface area (Å²) in [5.74, 6) is -0.412. The molecular formula is C15H20ClN3O2. The summed E-state index contributed by atoms with van der Waals surface area (Å²) in [5.41, 5.74) is 1.04. The summed E-state index contributed by atoms with van der Waals surface area (Å²) >= 11 is 6.04. The lowest BCUT2D eigenvalue weighted by atomic mass is 10.1. The van der Waals surface area contributed by atoms with Gasteiger partial charge in [-0.15, -0.1) is 0 Å². The third kappa shape index (κ3) is 3.94. The number of hydrogen-bond acceptors (Lipinski definition) is 3. The lowest BCUT2D eigenvalue weighted by Crippen LogP contribution is -2.48. The first-order valence-electron chi connectivity index (χ1n) is 7.21. The van der Waals surface area contributed by atoms with Crippen molar-refractivity contribution in [2.45, 2.75) is 39.2 Å². The Labute approximate surface area is 129 Å². The first-order valence-corrected chi connectivity index (χ1v) is 7.58. The number of piperidine rings is 1. The van der Waals surface area contributed by atoms with E-state index in [-0.39, 0.29) is 11.8 Å². The van der Waals surface area contributed by atoms with Crippen molar-refractivity contribution >= 4 is 23.4 Å². The average molecular weight is 310 g/mol. The fourth-order valence-corrected chi connectivity index (χ4v) is 2.71. The zero-order valence-electron chi connectivity index (χ0n) is 12.4. The monoisotopic (exact) mass is 309 g/mol. The number of carbonyl (C=O) groups is 2. The van der Waals surface area contributed by atoms with Crippen molar-refractivity contribution in [1.82, 2.24) is 15.2 Å². The van der Waals surface area contributed by atoms with Crippen molar-refractivity contribution in [2.24, 2.45) is 0 Å². The Balaban J connectivity index is 1.99. The van der Waals surface area contributed by atoms with Crippen LogP contribution in [0.2, 0.25) is 5.02 Å². The molecule has 2 heterocycles. The SMILES string of the molecule is Cc1cc(Cl)c(C(=O)NC(C)C(=O)N2CCCCC2)cn1. The van der Waals surface area contributed by atoms with Gasteiger partial charge in [-0.25, -0.2) is 0 Å². The van der Waals surface area contributed by atoms with E-state index >= 15 is 0 Å². The molecule has 5 nitrogen and oxygen atoms in total. The van der Waals surface area contributed by atoms with Crippen LogP contribution in [0.15, 0.2) is 12.3 Å². The molecule has 1 aliphatic rings. The van der Waals surface area contributed by atoms with Gasteiger partial charge in [0.15, 0.2) is 0 Å². The van der Waals surface area contributed by atoms with E-state index in [0.29, 0.717) is 10.6 Å². The Bertz CT molecular complexity index is 542. The van der Waals surface area contributed by atoms with Crippen LogP contribution in [0.4, 0.5) is 0 Å². The van der Waals surface area contributed by atoms with E-state index in [1.807, 2.05) is 4.90 Å². The Morgan fingerprint density at radius 3 is 2.62 bits per heavy atom. The number of carbonyl (C=O) groups excluding carboxylic acids is 2. The van der Waals surface area contributed by atoms with E-state index in [2.05, 4.69) is 10.3 Å². The molecule has 0 bridgehead atoms. The molecule has 0 aromatic carbocycles. The molecule has 2 rings (SSSR count). The maximum absolute atomic E-state index is 12.3. The van der Waals surface area contributed by atoms with E-state index in [1.54, 1.807) is 19.9 Å². The van der Waals surface area contributed by atoms with Crippen molar-refractivity contribution in [2.75, 3.05) is 13.1 Å². The number of amides is 2. The summed E-state index contributed by atoms with van der Waals surface area (Å²) in [5, 5.41) is 3.04. The van der Waals surface area contributed by atoms with E-state index in [1.165, 1.54) is 6.20 Å². The Morgan fingerprint density at radius 2 is 2.00 bits per heavy atom. The number of nitrogens with one attached hydrogen (secondary N) is 1. The van der Waals surface area contributed by atoms with E-state index < -0.39 is 6.04 Å². The number of hydrogen-bond donors (Lipinski definition) is 1.